The molecular formula is C24H20N4OS. The van der Waals surface area contributed by atoms with Crippen molar-refractivity contribution in [1.82, 2.24) is 9.97 Å². The fourth-order valence-electron chi connectivity index (χ4n) is 3.07. The van der Waals surface area contributed by atoms with Crippen LogP contribution in [-0.4, -0.2) is 16.6 Å². The topological polar surface area (TPSA) is 70.8 Å². The van der Waals surface area contributed by atoms with E-state index in [0.717, 1.165) is 39.3 Å². The minimum absolute atomic E-state index is 0.474. The van der Waals surface area contributed by atoms with E-state index in [0.29, 0.717) is 17.2 Å². The Balaban J connectivity index is 1.59. The van der Waals surface area contributed by atoms with Crippen LogP contribution in [0.3, 0.4) is 0 Å². The fraction of sp³-hybridized carbons (Fsp3) is 0.125. The van der Waals surface area contributed by atoms with E-state index in [1.807, 2.05) is 73.8 Å². The van der Waals surface area contributed by atoms with Crippen LogP contribution < -0.4 is 10.1 Å². The van der Waals surface area contributed by atoms with E-state index in [-0.39, 0.29) is 0 Å². The highest BCUT2D eigenvalue weighted by atomic mass is 32.1. The number of nitriles is 1. The third-order valence-corrected chi connectivity index (χ3v) is 5.42. The fourth-order valence-corrected chi connectivity index (χ4v) is 3.87. The average Bonchev–Trinajstić information content (AvgIpc) is 3.25. The molecule has 0 saturated heterocycles. The highest BCUT2D eigenvalue weighted by Gasteiger charge is 2.10. The molecule has 2 aromatic heterocycles. The Labute approximate surface area is 179 Å². The van der Waals surface area contributed by atoms with Gasteiger partial charge in [-0.05, 0) is 50.2 Å². The summed E-state index contributed by atoms with van der Waals surface area (Å²) in [5.41, 5.74) is 4.97. The van der Waals surface area contributed by atoms with Gasteiger partial charge < -0.3 is 10.1 Å². The van der Waals surface area contributed by atoms with E-state index in [1.54, 1.807) is 6.20 Å². The van der Waals surface area contributed by atoms with Gasteiger partial charge in [0.05, 0.1) is 23.5 Å². The summed E-state index contributed by atoms with van der Waals surface area (Å²) in [7, 11) is 0. The van der Waals surface area contributed by atoms with E-state index >= 15 is 0 Å². The molecular weight excluding hydrogens is 392 g/mol. The van der Waals surface area contributed by atoms with Crippen molar-refractivity contribution in [3.05, 3.63) is 76.9 Å². The van der Waals surface area contributed by atoms with Gasteiger partial charge in [-0.25, -0.2) is 4.98 Å². The molecule has 0 aliphatic carbocycles. The number of para-hydroxylation sites is 1. The molecule has 0 unspecified atom stereocenters. The molecule has 148 valence electrons. The van der Waals surface area contributed by atoms with Crippen LogP contribution in [0.15, 0.2) is 66.2 Å². The number of ether oxygens (including phenoxy) is 1. The first kappa shape index (κ1) is 19.6. The number of rotatable bonds is 6. The van der Waals surface area contributed by atoms with Gasteiger partial charge in [0.25, 0.3) is 0 Å². The number of pyridine rings is 1. The van der Waals surface area contributed by atoms with Gasteiger partial charge >= 0.3 is 0 Å². The predicted molar refractivity (Wildman–Crippen MR) is 122 cm³/mol. The molecule has 0 aliphatic heterocycles. The number of nitrogens with zero attached hydrogens (tertiary/aromatic N) is 3. The van der Waals surface area contributed by atoms with E-state index in [2.05, 4.69) is 21.4 Å². The molecule has 0 radical (unpaired) electrons. The van der Waals surface area contributed by atoms with Crippen molar-refractivity contribution >= 4 is 33.5 Å². The minimum atomic E-state index is 0.474. The molecule has 6 heteroatoms. The second kappa shape index (κ2) is 8.76. The SMILES string of the molecule is CCOc1ccc(-c2csc(/C(C#N)=C/Nc3cccc4ccc(C)nc34)n2)cc1. The Bertz CT molecular complexity index is 1250. The van der Waals surface area contributed by atoms with E-state index in [1.165, 1.54) is 11.3 Å². The molecule has 4 rings (SSSR count). The lowest BCUT2D eigenvalue weighted by molar-refractivity contribution is 0.340. The first-order valence-electron chi connectivity index (χ1n) is 9.60. The molecule has 5 nitrogen and oxygen atoms in total. The zero-order chi connectivity index (χ0) is 20.9. The molecule has 0 aliphatic rings. The summed E-state index contributed by atoms with van der Waals surface area (Å²) < 4.78 is 5.49. The van der Waals surface area contributed by atoms with Crippen LogP contribution in [0, 0.1) is 18.3 Å². The van der Waals surface area contributed by atoms with Crippen molar-refractivity contribution in [3.63, 3.8) is 0 Å². The second-order valence-electron chi connectivity index (χ2n) is 6.64. The van der Waals surface area contributed by atoms with Crippen molar-refractivity contribution in [3.8, 4) is 23.1 Å². The Morgan fingerprint density at radius 1 is 1.13 bits per heavy atom. The number of nitrogens with one attached hydrogen (secondary N) is 1. The van der Waals surface area contributed by atoms with Crippen molar-refractivity contribution < 1.29 is 4.74 Å². The maximum Gasteiger partial charge on any atom is 0.136 e. The third kappa shape index (κ3) is 4.17. The highest BCUT2D eigenvalue weighted by Crippen LogP contribution is 2.28. The van der Waals surface area contributed by atoms with Crippen LogP contribution >= 0.6 is 11.3 Å². The molecule has 2 heterocycles. The van der Waals surface area contributed by atoms with Crippen LogP contribution in [0.5, 0.6) is 5.75 Å². The number of hydrogen-bond donors (Lipinski definition) is 1. The summed E-state index contributed by atoms with van der Waals surface area (Å²) >= 11 is 1.44. The molecule has 0 spiro atoms. The van der Waals surface area contributed by atoms with Gasteiger partial charge in [0.1, 0.15) is 22.4 Å². The number of allylic oxidation sites excluding steroid dienone is 1. The number of aryl methyl sites for hydroxylation is 1. The summed E-state index contributed by atoms with van der Waals surface area (Å²) in [5, 5.41) is 16.6. The molecule has 2 aromatic carbocycles. The van der Waals surface area contributed by atoms with E-state index in [4.69, 9.17) is 4.74 Å². The highest BCUT2D eigenvalue weighted by molar-refractivity contribution is 7.11. The number of hydrogen-bond acceptors (Lipinski definition) is 6. The predicted octanol–water partition coefficient (Wildman–Crippen LogP) is 6.04. The van der Waals surface area contributed by atoms with Crippen molar-refractivity contribution in [2.24, 2.45) is 0 Å². The average molecular weight is 413 g/mol. The number of benzene rings is 2. The molecule has 0 bridgehead atoms. The largest absolute Gasteiger partial charge is 0.494 e. The first-order valence-corrected chi connectivity index (χ1v) is 10.5. The summed E-state index contributed by atoms with van der Waals surface area (Å²) in [6, 6.07) is 20.0. The minimum Gasteiger partial charge on any atom is -0.494 e. The summed E-state index contributed by atoms with van der Waals surface area (Å²) in [6.45, 7) is 4.56. The molecule has 4 aromatic rings. The van der Waals surface area contributed by atoms with Crippen LogP contribution in [-0.2, 0) is 0 Å². The van der Waals surface area contributed by atoms with E-state index < -0.39 is 0 Å². The maximum absolute atomic E-state index is 9.67. The standard InChI is InChI=1S/C24H20N4OS/c1-3-29-20-11-9-17(10-12-20)22-15-30-24(28-22)19(13-25)14-26-21-6-4-5-18-8-7-16(2)27-23(18)21/h4-12,14-15,26H,3H2,1-2H3/b19-14+. The van der Waals surface area contributed by atoms with Crippen molar-refractivity contribution in [2.75, 3.05) is 11.9 Å². The molecule has 30 heavy (non-hydrogen) atoms. The van der Waals surface area contributed by atoms with Crippen molar-refractivity contribution in [2.45, 2.75) is 13.8 Å². The quantitative estimate of drug-likeness (QED) is 0.391. The Hall–Kier alpha value is -3.69. The van der Waals surface area contributed by atoms with Gasteiger partial charge in [-0.3, -0.25) is 4.98 Å². The lowest BCUT2D eigenvalue weighted by Gasteiger charge is -2.06. The normalized spacial score (nSPS) is 11.3. The van der Waals surface area contributed by atoms with Crippen LogP contribution in [0.1, 0.15) is 17.6 Å². The number of aromatic nitrogens is 2. The molecule has 0 amide bonds. The zero-order valence-electron chi connectivity index (χ0n) is 16.7. The number of fused-ring (bicyclic) bond motifs is 1. The van der Waals surface area contributed by atoms with Gasteiger partial charge in [0, 0.05) is 28.2 Å². The second-order valence-corrected chi connectivity index (χ2v) is 7.50. The molecule has 1 N–H and O–H groups in total. The van der Waals surface area contributed by atoms with Gasteiger partial charge in [0.2, 0.25) is 0 Å². The monoisotopic (exact) mass is 412 g/mol. The van der Waals surface area contributed by atoms with Gasteiger partial charge in [-0.1, -0.05) is 18.2 Å². The summed E-state index contributed by atoms with van der Waals surface area (Å²) in [4.78, 5) is 9.27. The van der Waals surface area contributed by atoms with E-state index in [9.17, 15) is 5.26 Å². The number of thiazole rings is 1. The van der Waals surface area contributed by atoms with Crippen LogP contribution in [0.2, 0.25) is 0 Å². The lowest BCUT2D eigenvalue weighted by Crippen LogP contribution is -1.94. The first-order chi connectivity index (χ1) is 14.7. The molecule has 0 atom stereocenters. The zero-order valence-corrected chi connectivity index (χ0v) is 17.5. The summed E-state index contributed by atoms with van der Waals surface area (Å²) in [6.07, 6.45) is 1.69. The van der Waals surface area contributed by atoms with Crippen molar-refractivity contribution in [1.29, 1.82) is 5.26 Å². The number of anilines is 1. The molecule has 0 fully saturated rings. The third-order valence-electron chi connectivity index (χ3n) is 4.55. The van der Waals surface area contributed by atoms with Crippen LogP contribution in [0.4, 0.5) is 5.69 Å². The van der Waals surface area contributed by atoms with Crippen LogP contribution in [0.25, 0.3) is 27.7 Å². The molecule has 0 saturated carbocycles. The Morgan fingerprint density at radius 3 is 2.73 bits per heavy atom. The van der Waals surface area contributed by atoms with Gasteiger partial charge in [-0.15, -0.1) is 11.3 Å². The Morgan fingerprint density at radius 2 is 1.97 bits per heavy atom. The summed E-state index contributed by atoms with van der Waals surface area (Å²) in [5.74, 6) is 0.831. The Kier molecular flexibility index (Phi) is 5.73. The maximum atomic E-state index is 9.67. The van der Waals surface area contributed by atoms with Gasteiger partial charge in [-0.2, -0.15) is 5.26 Å². The van der Waals surface area contributed by atoms with Gasteiger partial charge in [0.15, 0.2) is 0 Å². The smallest absolute Gasteiger partial charge is 0.136 e. The lowest BCUT2D eigenvalue weighted by atomic mass is 10.1.